The van der Waals surface area contributed by atoms with E-state index in [1.165, 1.54) is 16.7 Å². The van der Waals surface area contributed by atoms with Gasteiger partial charge in [-0.3, -0.25) is 14.5 Å². The van der Waals surface area contributed by atoms with Gasteiger partial charge >= 0.3 is 17.9 Å². The number of carbonyl (C=O) groups is 3. The number of nitrogens with zero attached hydrogens (tertiary/aromatic N) is 3. The second kappa shape index (κ2) is 15.0. The molecule has 12 heteroatoms. The number of rotatable bonds is 14. The minimum absolute atomic E-state index is 0.278. The molecule has 0 aliphatic carbocycles. The summed E-state index contributed by atoms with van der Waals surface area (Å²) >= 11 is 0. The van der Waals surface area contributed by atoms with E-state index < -0.39 is 36.4 Å². The van der Waals surface area contributed by atoms with E-state index in [-0.39, 0.29) is 6.10 Å². The van der Waals surface area contributed by atoms with Crippen LogP contribution in [0.2, 0.25) is 0 Å². The van der Waals surface area contributed by atoms with Gasteiger partial charge in [-0.05, 0) is 36.6 Å². The van der Waals surface area contributed by atoms with Crippen molar-refractivity contribution in [3.63, 3.8) is 0 Å². The smallest absolute Gasteiger partial charge is 0.336 e. The standard InChI is InChI=1S/C24H29N3O2.C6H8O7/c1-19-14-22-15-20(8-9-24(22)29-19)16-27(12-5-11-26-13-10-25-18-26)17-21-6-3-4-7-23(21)28-2;7-3(8)1-6(13,5(11)12)2-4(9)10/h3-4,6-10,13,15,18-19H,5,11-12,14,16-17H2,1-2H3;13H,1-2H2,(H,7,8)(H,9,10)(H,11,12). The third-order valence-electron chi connectivity index (χ3n) is 6.69. The number of aliphatic hydroxyl groups is 1. The third kappa shape index (κ3) is 9.60. The van der Waals surface area contributed by atoms with Crippen LogP contribution >= 0.6 is 0 Å². The number of fused-ring (bicyclic) bond motifs is 1. The molecule has 1 unspecified atom stereocenters. The summed E-state index contributed by atoms with van der Waals surface area (Å²) < 4.78 is 13.6. The van der Waals surface area contributed by atoms with E-state index in [9.17, 15) is 14.4 Å². The number of carboxylic acids is 3. The maximum atomic E-state index is 10.3. The molecule has 0 saturated carbocycles. The number of para-hydroxylation sites is 1. The molecule has 1 aromatic heterocycles. The summed E-state index contributed by atoms with van der Waals surface area (Å²) in [6.07, 6.45) is 5.79. The first kappa shape index (κ1) is 32.1. The van der Waals surface area contributed by atoms with Crippen molar-refractivity contribution in [3.05, 3.63) is 77.9 Å². The lowest BCUT2D eigenvalue weighted by atomic mass is 9.96. The van der Waals surface area contributed by atoms with Gasteiger partial charge in [-0.1, -0.05) is 30.3 Å². The number of aryl methyl sites for hydroxylation is 1. The van der Waals surface area contributed by atoms with E-state index in [0.29, 0.717) is 0 Å². The summed E-state index contributed by atoms with van der Waals surface area (Å²) in [4.78, 5) is 37.1. The number of ether oxygens (including phenoxy) is 2. The molecule has 0 radical (unpaired) electrons. The molecular weight excluding hydrogens is 546 g/mol. The lowest BCUT2D eigenvalue weighted by Crippen LogP contribution is -2.42. The molecule has 1 aliphatic rings. The molecule has 0 amide bonds. The highest BCUT2D eigenvalue weighted by molar-refractivity contribution is 5.88. The normalized spacial score (nSPS) is 14.0. The number of imidazole rings is 1. The molecule has 3 aromatic rings. The number of methoxy groups -OCH3 is 1. The molecule has 0 saturated heterocycles. The molecule has 226 valence electrons. The van der Waals surface area contributed by atoms with Crippen molar-refractivity contribution < 1.29 is 44.3 Å². The predicted molar refractivity (Wildman–Crippen MR) is 151 cm³/mol. The van der Waals surface area contributed by atoms with Gasteiger partial charge in [0.25, 0.3) is 0 Å². The Morgan fingerprint density at radius 3 is 2.43 bits per heavy atom. The molecule has 0 fully saturated rings. The zero-order chi connectivity index (χ0) is 30.7. The molecular formula is C30H37N3O9. The van der Waals surface area contributed by atoms with Crippen LogP contribution in [-0.4, -0.2) is 78.1 Å². The van der Waals surface area contributed by atoms with E-state index in [0.717, 1.165) is 50.5 Å². The maximum Gasteiger partial charge on any atom is 0.336 e. The van der Waals surface area contributed by atoms with E-state index in [2.05, 4.69) is 51.7 Å². The Bertz CT molecular complexity index is 1330. The maximum absolute atomic E-state index is 10.3. The van der Waals surface area contributed by atoms with Crippen molar-refractivity contribution in [2.45, 2.75) is 63.9 Å². The number of carboxylic acid groups (broad SMARTS) is 3. The van der Waals surface area contributed by atoms with Crippen LogP contribution in [0.4, 0.5) is 0 Å². The third-order valence-corrected chi connectivity index (χ3v) is 6.69. The SMILES string of the molecule is COc1ccccc1CN(CCCn1ccnc1)Cc1ccc2c(c1)CC(C)O2.O=C(O)CC(O)(CC(=O)O)C(=O)O. The number of aromatic nitrogens is 2. The molecule has 1 aliphatic heterocycles. The van der Waals surface area contributed by atoms with Crippen LogP contribution in [0.5, 0.6) is 11.5 Å². The lowest BCUT2D eigenvalue weighted by molar-refractivity contribution is -0.170. The topological polar surface area (TPSA) is 172 Å². The van der Waals surface area contributed by atoms with Crippen LogP contribution in [-0.2, 0) is 40.4 Å². The average molecular weight is 584 g/mol. The molecule has 2 heterocycles. The first-order valence-electron chi connectivity index (χ1n) is 13.5. The molecule has 12 nitrogen and oxygen atoms in total. The van der Waals surface area contributed by atoms with Gasteiger partial charge in [0.2, 0.25) is 0 Å². The van der Waals surface area contributed by atoms with Gasteiger partial charge in [0.1, 0.15) is 17.6 Å². The van der Waals surface area contributed by atoms with Gasteiger partial charge in [-0.15, -0.1) is 0 Å². The predicted octanol–water partition coefficient (Wildman–Crippen LogP) is 3.06. The Labute approximate surface area is 243 Å². The monoisotopic (exact) mass is 583 g/mol. The number of aliphatic carboxylic acids is 3. The molecule has 42 heavy (non-hydrogen) atoms. The summed E-state index contributed by atoms with van der Waals surface area (Å²) in [6, 6.07) is 14.9. The zero-order valence-electron chi connectivity index (χ0n) is 23.7. The quantitative estimate of drug-likeness (QED) is 0.220. The highest BCUT2D eigenvalue weighted by atomic mass is 16.5. The number of benzene rings is 2. The fourth-order valence-electron chi connectivity index (χ4n) is 4.73. The van der Waals surface area contributed by atoms with E-state index in [1.54, 1.807) is 7.11 Å². The first-order chi connectivity index (χ1) is 20.0. The Kier molecular flexibility index (Phi) is 11.5. The van der Waals surface area contributed by atoms with E-state index in [4.69, 9.17) is 29.9 Å². The van der Waals surface area contributed by atoms with Crippen molar-refractivity contribution in [2.24, 2.45) is 0 Å². The second-order valence-corrected chi connectivity index (χ2v) is 10.2. The minimum atomic E-state index is -2.74. The average Bonchev–Trinajstić information content (AvgIpc) is 3.57. The molecule has 2 aromatic carbocycles. The Morgan fingerprint density at radius 1 is 1.10 bits per heavy atom. The Hall–Kier alpha value is -4.42. The summed E-state index contributed by atoms with van der Waals surface area (Å²) in [7, 11) is 1.74. The van der Waals surface area contributed by atoms with Crippen molar-refractivity contribution in [1.82, 2.24) is 14.5 Å². The van der Waals surface area contributed by atoms with E-state index >= 15 is 0 Å². The molecule has 0 spiro atoms. The highest BCUT2D eigenvalue weighted by Crippen LogP contribution is 2.30. The van der Waals surface area contributed by atoms with Crippen molar-refractivity contribution >= 4 is 17.9 Å². The molecule has 0 bridgehead atoms. The van der Waals surface area contributed by atoms with Gasteiger partial charge in [-0.25, -0.2) is 9.78 Å². The van der Waals surface area contributed by atoms with Gasteiger partial charge < -0.3 is 34.5 Å². The fourth-order valence-corrected chi connectivity index (χ4v) is 4.73. The van der Waals surface area contributed by atoms with Crippen LogP contribution in [0, 0.1) is 0 Å². The first-order valence-corrected chi connectivity index (χ1v) is 13.5. The molecule has 1 atom stereocenters. The summed E-state index contributed by atoms with van der Waals surface area (Å²) in [5.41, 5.74) is 1.14. The van der Waals surface area contributed by atoms with Crippen molar-refractivity contribution in [2.75, 3.05) is 13.7 Å². The van der Waals surface area contributed by atoms with Crippen LogP contribution in [0.3, 0.4) is 0 Å². The lowest BCUT2D eigenvalue weighted by Gasteiger charge is -2.24. The van der Waals surface area contributed by atoms with Crippen LogP contribution < -0.4 is 9.47 Å². The largest absolute Gasteiger partial charge is 0.496 e. The van der Waals surface area contributed by atoms with Gasteiger partial charge in [0.15, 0.2) is 5.60 Å². The molecule has 4 N–H and O–H groups in total. The zero-order valence-corrected chi connectivity index (χ0v) is 23.7. The highest BCUT2D eigenvalue weighted by Gasteiger charge is 2.40. The second-order valence-electron chi connectivity index (χ2n) is 10.2. The van der Waals surface area contributed by atoms with Gasteiger partial charge in [-0.2, -0.15) is 0 Å². The summed E-state index contributed by atoms with van der Waals surface area (Å²) in [6.45, 7) is 5.86. The van der Waals surface area contributed by atoms with Crippen molar-refractivity contribution in [3.8, 4) is 11.5 Å². The van der Waals surface area contributed by atoms with Crippen LogP contribution in [0.15, 0.2) is 61.2 Å². The minimum Gasteiger partial charge on any atom is -0.496 e. The van der Waals surface area contributed by atoms with Crippen LogP contribution in [0.1, 0.15) is 42.9 Å². The van der Waals surface area contributed by atoms with Crippen molar-refractivity contribution in [1.29, 1.82) is 0 Å². The Balaban J connectivity index is 0.000000316. The summed E-state index contributed by atoms with van der Waals surface area (Å²) in [5, 5.41) is 33.8. The summed E-state index contributed by atoms with van der Waals surface area (Å²) in [5.74, 6) is -3.03. The Morgan fingerprint density at radius 2 is 1.81 bits per heavy atom. The van der Waals surface area contributed by atoms with Gasteiger partial charge in [0.05, 0.1) is 26.3 Å². The number of hydrogen-bond donors (Lipinski definition) is 4. The molecule has 4 rings (SSSR count). The van der Waals surface area contributed by atoms with E-state index in [1.807, 2.05) is 30.9 Å². The number of hydrogen-bond acceptors (Lipinski definition) is 8. The fraction of sp³-hybridized carbons (Fsp3) is 0.400. The van der Waals surface area contributed by atoms with Crippen LogP contribution in [0.25, 0.3) is 0 Å². The van der Waals surface area contributed by atoms with Gasteiger partial charge in [0, 0.05) is 50.6 Å².